The molecule has 0 aromatic heterocycles. The number of aliphatic hydroxyl groups is 1. The molecule has 1 unspecified atom stereocenters. The van der Waals surface area contributed by atoms with Crippen LogP contribution in [0.3, 0.4) is 0 Å². The Bertz CT molecular complexity index is 559. The summed E-state index contributed by atoms with van der Waals surface area (Å²) >= 11 is 0. The van der Waals surface area contributed by atoms with Crippen molar-refractivity contribution in [3.05, 3.63) is 0 Å². The monoisotopic (exact) mass is 333 g/mol. The number of Topliss-reactive ketones (excluding diaryl/α,β-unsaturated/α-hetero) is 1. The van der Waals surface area contributed by atoms with Gasteiger partial charge in [-0.3, -0.25) is 4.79 Å². The van der Waals surface area contributed by atoms with E-state index in [1.54, 1.807) is 0 Å². The van der Waals surface area contributed by atoms with Gasteiger partial charge in [-0.05, 0) is 61.7 Å². The predicted molar refractivity (Wildman–Crippen MR) is 92.3 cm³/mol. The van der Waals surface area contributed by atoms with Gasteiger partial charge in [-0.2, -0.15) is 0 Å². The van der Waals surface area contributed by atoms with Crippen molar-refractivity contribution in [2.45, 2.75) is 71.6 Å². The molecule has 4 aliphatic rings. The standard InChI is InChI=1S/C20H31NO3/c1-19-9-4-3-5-16(19)17(21-24-12-22)11-13-14-6-7-18(23)20(14,2)10-8-15(13)19/h13-16,22H,3-12H2,1-2H3/t13-,14-,15-,16?,19+,20-/m0/s1. The molecule has 0 bridgehead atoms. The van der Waals surface area contributed by atoms with Crippen molar-refractivity contribution >= 4 is 11.5 Å². The van der Waals surface area contributed by atoms with Crippen LogP contribution in [0.2, 0.25) is 0 Å². The highest BCUT2D eigenvalue weighted by molar-refractivity contribution is 5.90. The Morgan fingerprint density at radius 1 is 1.17 bits per heavy atom. The van der Waals surface area contributed by atoms with Crippen LogP contribution >= 0.6 is 0 Å². The first kappa shape index (κ1) is 16.6. The number of aliphatic hydroxyl groups excluding tert-OH is 1. The zero-order chi connectivity index (χ0) is 16.9. The maximum atomic E-state index is 12.5. The van der Waals surface area contributed by atoms with Crippen LogP contribution in [0.5, 0.6) is 0 Å². The zero-order valence-corrected chi connectivity index (χ0v) is 15.1. The van der Waals surface area contributed by atoms with Crippen LogP contribution < -0.4 is 0 Å². The molecule has 0 aliphatic heterocycles. The van der Waals surface area contributed by atoms with Gasteiger partial charge in [0.15, 0.2) is 0 Å². The number of nitrogens with zero attached hydrogens (tertiary/aromatic N) is 1. The van der Waals surface area contributed by atoms with E-state index in [2.05, 4.69) is 19.0 Å². The number of rotatable bonds is 2. The van der Waals surface area contributed by atoms with Crippen molar-refractivity contribution < 1.29 is 14.7 Å². The van der Waals surface area contributed by atoms with Gasteiger partial charge in [0.05, 0.1) is 5.71 Å². The fourth-order valence-electron chi connectivity index (χ4n) is 7.11. The summed E-state index contributed by atoms with van der Waals surface area (Å²) in [6.07, 6.45) is 10.1. The lowest BCUT2D eigenvalue weighted by atomic mass is 9.45. The molecule has 4 fully saturated rings. The minimum atomic E-state index is -0.347. The summed E-state index contributed by atoms with van der Waals surface area (Å²) in [4.78, 5) is 17.6. The largest absolute Gasteiger partial charge is 0.367 e. The van der Waals surface area contributed by atoms with E-state index in [-0.39, 0.29) is 12.2 Å². The number of ketones is 1. The van der Waals surface area contributed by atoms with Crippen LogP contribution in [0.4, 0.5) is 0 Å². The molecule has 0 spiro atoms. The molecule has 4 aliphatic carbocycles. The van der Waals surface area contributed by atoms with Gasteiger partial charge >= 0.3 is 0 Å². The number of carbonyl (C=O) groups excluding carboxylic acids is 1. The van der Waals surface area contributed by atoms with E-state index < -0.39 is 0 Å². The van der Waals surface area contributed by atoms with E-state index in [1.165, 1.54) is 32.1 Å². The van der Waals surface area contributed by atoms with E-state index in [4.69, 9.17) is 9.94 Å². The van der Waals surface area contributed by atoms with Crippen molar-refractivity contribution in [3.8, 4) is 0 Å². The molecule has 4 saturated carbocycles. The van der Waals surface area contributed by atoms with Crippen molar-refractivity contribution in [1.82, 2.24) is 0 Å². The molecule has 134 valence electrons. The van der Waals surface area contributed by atoms with Gasteiger partial charge < -0.3 is 9.94 Å². The van der Waals surface area contributed by atoms with E-state index >= 15 is 0 Å². The molecule has 24 heavy (non-hydrogen) atoms. The third kappa shape index (κ3) is 2.21. The normalized spacial score (nSPS) is 49.5. The first-order chi connectivity index (χ1) is 11.5. The van der Waals surface area contributed by atoms with Gasteiger partial charge in [-0.1, -0.05) is 31.8 Å². The van der Waals surface area contributed by atoms with Crippen LogP contribution in [0.15, 0.2) is 5.16 Å². The van der Waals surface area contributed by atoms with Crippen molar-refractivity contribution in [3.63, 3.8) is 0 Å². The average molecular weight is 333 g/mol. The number of hydrogen-bond donors (Lipinski definition) is 1. The molecule has 0 saturated heterocycles. The molecular weight excluding hydrogens is 302 g/mol. The highest BCUT2D eigenvalue weighted by atomic mass is 16.7. The van der Waals surface area contributed by atoms with Crippen LogP contribution in [0.25, 0.3) is 0 Å². The average Bonchev–Trinajstić information content (AvgIpc) is 2.88. The first-order valence-corrected chi connectivity index (χ1v) is 9.83. The van der Waals surface area contributed by atoms with Crippen molar-refractivity contribution in [2.75, 3.05) is 6.79 Å². The van der Waals surface area contributed by atoms with Crippen LogP contribution in [0.1, 0.15) is 71.6 Å². The molecular formula is C20H31NO3. The Morgan fingerprint density at radius 3 is 2.79 bits per heavy atom. The molecule has 4 nitrogen and oxygen atoms in total. The summed E-state index contributed by atoms with van der Waals surface area (Å²) in [6, 6.07) is 0. The Balaban J connectivity index is 1.71. The molecule has 0 radical (unpaired) electrons. The summed E-state index contributed by atoms with van der Waals surface area (Å²) in [6.45, 7) is 4.35. The summed E-state index contributed by atoms with van der Waals surface area (Å²) in [5, 5.41) is 13.4. The van der Waals surface area contributed by atoms with Gasteiger partial charge in [0, 0.05) is 17.8 Å². The molecule has 4 heteroatoms. The molecule has 0 amide bonds. The second-order valence-electron chi connectivity index (χ2n) is 9.14. The highest BCUT2D eigenvalue weighted by Crippen LogP contribution is 2.64. The fraction of sp³-hybridized carbons (Fsp3) is 0.900. The Hall–Kier alpha value is -0.900. The van der Waals surface area contributed by atoms with Gasteiger partial charge in [-0.15, -0.1) is 0 Å². The topological polar surface area (TPSA) is 58.9 Å². The van der Waals surface area contributed by atoms with Gasteiger partial charge in [-0.25, -0.2) is 0 Å². The van der Waals surface area contributed by atoms with E-state index in [0.29, 0.717) is 29.0 Å². The summed E-state index contributed by atoms with van der Waals surface area (Å²) in [7, 11) is 0. The molecule has 0 aromatic rings. The minimum Gasteiger partial charge on any atom is -0.367 e. The molecule has 0 heterocycles. The van der Waals surface area contributed by atoms with Gasteiger partial charge in [0.2, 0.25) is 6.79 Å². The quantitative estimate of drug-likeness (QED) is 0.615. The van der Waals surface area contributed by atoms with E-state index in [9.17, 15) is 4.79 Å². The van der Waals surface area contributed by atoms with Gasteiger partial charge in [0.25, 0.3) is 0 Å². The second-order valence-corrected chi connectivity index (χ2v) is 9.14. The molecule has 1 N–H and O–H groups in total. The summed E-state index contributed by atoms with van der Waals surface area (Å²) in [5.74, 6) is 2.80. The third-order valence-corrected chi connectivity index (χ3v) is 8.33. The van der Waals surface area contributed by atoms with Crippen molar-refractivity contribution in [2.24, 2.45) is 39.7 Å². The molecule has 0 aromatic carbocycles. The zero-order valence-electron chi connectivity index (χ0n) is 15.1. The smallest absolute Gasteiger partial charge is 0.214 e. The Morgan fingerprint density at radius 2 is 2.00 bits per heavy atom. The second kappa shape index (κ2) is 5.82. The summed E-state index contributed by atoms with van der Waals surface area (Å²) in [5.41, 5.74) is 1.37. The number of oxime groups is 1. The minimum absolute atomic E-state index is 0.0953. The summed E-state index contributed by atoms with van der Waals surface area (Å²) < 4.78 is 0. The van der Waals surface area contributed by atoms with E-state index in [1.807, 2.05) is 0 Å². The highest BCUT2D eigenvalue weighted by Gasteiger charge is 2.61. The van der Waals surface area contributed by atoms with E-state index in [0.717, 1.165) is 37.3 Å². The number of carbonyl (C=O) groups is 1. The fourth-order valence-corrected chi connectivity index (χ4v) is 7.11. The first-order valence-electron chi connectivity index (χ1n) is 9.83. The van der Waals surface area contributed by atoms with Crippen LogP contribution in [-0.2, 0) is 9.63 Å². The van der Waals surface area contributed by atoms with Crippen LogP contribution in [-0.4, -0.2) is 23.4 Å². The number of hydrogen-bond acceptors (Lipinski definition) is 4. The lowest BCUT2D eigenvalue weighted by molar-refractivity contribution is -0.133. The lowest BCUT2D eigenvalue weighted by Crippen LogP contribution is -2.55. The Kier molecular flexibility index (Phi) is 4.02. The number of fused-ring (bicyclic) bond motifs is 5. The maximum Gasteiger partial charge on any atom is 0.214 e. The lowest BCUT2D eigenvalue weighted by Gasteiger charge is -2.59. The maximum absolute atomic E-state index is 12.5. The van der Waals surface area contributed by atoms with Crippen molar-refractivity contribution in [1.29, 1.82) is 0 Å². The SMILES string of the molecule is C[C@]12CCCCC1C(=NOCO)C[C@@H]1[C@@H]2CC[C@]2(C)C(=O)CC[C@@H]12. The Labute approximate surface area is 145 Å². The molecule has 6 atom stereocenters. The molecule has 4 rings (SSSR count). The van der Waals surface area contributed by atoms with Gasteiger partial charge in [0.1, 0.15) is 5.78 Å². The third-order valence-electron chi connectivity index (χ3n) is 8.33. The van der Waals surface area contributed by atoms with Crippen LogP contribution in [0, 0.1) is 34.5 Å². The predicted octanol–water partition coefficient (Wildman–Crippen LogP) is 3.92.